The lowest BCUT2D eigenvalue weighted by Gasteiger charge is -2.27. The number of nitrogens with zero attached hydrogens (tertiary/aromatic N) is 3. The van der Waals surface area contributed by atoms with Crippen LogP contribution in [0.3, 0.4) is 0 Å². The molecule has 0 saturated carbocycles. The Balaban J connectivity index is 1.64. The number of ether oxygens (including phenoxy) is 1. The van der Waals surface area contributed by atoms with Crippen LogP contribution in [0.15, 0.2) is 73.2 Å². The summed E-state index contributed by atoms with van der Waals surface area (Å²) in [5, 5.41) is 9.77. The number of aromatic nitrogens is 2. The molecule has 0 fully saturated rings. The third-order valence-corrected chi connectivity index (χ3v) is 4.69. The van der Waals surface area contributed by atoms with Gasteiger partial charge in [-0.3, -0.25) is 0 Å². The Kier molecular flexibility index (Phi) is 5.45. The average molecular weight is 365 g/mol. The summed E-state index contributed by atoms with van der Waals surface area (Å²) in [4.78, 5) is 18.2. The maximum Gasteiger partial charge on any atom is 0.334 e. The van der Waals surface area contributed by atoms with Crippen LogP contribution in [0.5, 0.6) is 5.75 Å². The van der Waals surface area contributed by atoms with Gasteiger partial charge in [0, 0.05) is 25.6 Å². The SMILES string of the molecule is CN(CCOc1ccc(C(C)(C(=O)O)n2cccc2)cc1)c1ccccn1. The van der Waals surface area contributed by atoms with Crippen molar-refractivity contribution in [1.29, 1.82) is 0 Å². The summed E-state index contributed by atoms with van der Waals surface area (Å²) in [7, 11) is 1.96. The predicted octanol–water partition coefficient (Wildman–Crippen LogP) is 3.25. The number of carboxylic acid groups (broad SMARTS) is 1. The zero-order chi connectivity index (χ0) is 19.3. The first-order chi connectivity index (χ1) is 13.0. The van der Waals surface area contributed by atoms with E-state index in [1.807, 2.05) is 42.3 Å². The Morgan fingerprint density at radius 2 is 1.85 bits per heavy atom. The highest BCUT2D eigenvalue weighted by Crippen LogP contribution is 2.28. The molecule has 27 heavy (non-hydrogen) atoms. The van der Waals surface area contributed by atoms with Crippen molar-refractivity contribution in [3.05, 3.63) is 78.8 Å². The Morgan fingerprint density at radius 1 is 1.15 bits per heavy atom. The van der Waals surface area contributed by atoms with E-state index in [1.165, 1.54) is 0 Å². The van der Waals surface area contributed by atoms with Crippen molar-refractivity contribution in [3.8, 4) is 5.75 Å². The quantitative estimate of drug-likeness (QED) is 0.664. The standard InChI is InChI=1S/C21H23N3O3/c1-21(20(25)26,24-13-5-6-14-24)17-8-10-18(11-9-17)27-16-15-23(2)19-7-3-4-12-22-19/h3-14H,15-16H2,1-2H3,(H,25,26). The number of carboxylic acids is 1. The van der Waals surface area contributed by atoms with Gasteiger partial charge in [0.05, 0.1) is 6.54 Å². The number of pyridine rings is 1. The third kappa shape index (κ3) is 3.95. The van der Waals surface area contributed by atoms with Crippen molar-refractivity contribution >= 4 is 11.8 Å². The number of aliphatic carboxylic acids is 1. The van der Waals surface area contributed by atoms with Crippen LogP contribution in [0.2, 0.25) is 0 Å². The summed E-state index contributed by atoms with van der Waals surface area (Å²) < 4.78 is 7.48. The number of hydrogen-bond acceptors (Lipinski definition) is 4. The lowest BCUT2D eigenvalue weighted by molar-refractivity contribution is -0.144. The fraction of sp³-hybridized carbons (Fsp3) is 0.238. The maximum atomic E-state index is 11.9. The van der Waals surface area contributed by atoms with E-state index in [0.29, 0.717) is 24.5 Å². The first-order valence-electron chi connectivity index (χ1n) is 8.74. The van der Waals surface area contributed by atoms with Gasteiger partial charge >= 0.3 is 5.97 Å². The molecule has 3 rings (SSSR count). The lowest BCUT2D eigenvalue weighted by Crippen LogP contribution is -2.39. The fourth-order valence-electron chi connectivity index (χ4n) is 2.89. The largest absolute Gasteiger partial charge is 0.492 e. The van der Waals surface area contributed by atoms with Crippen LogP contribution in [0, 0.1) is 0 Å². The van der Waals surface area contributed by atoms with Gasteiger partial charge in [0.2, 0.25) is 0 Å². The van der Waals surface area contributed by atoms with Crippen molar-refractivity contribution in [2.45, 2.75) is 12.5 Å². The van der Waals surface area contributed by atoms with Crippen LogP contribution < -0.4 is 9.64 Å². The Labute approximate surface area is 158 Å². The van der Waals surface area contributed by atoms with Gasteiger partial charge in [0.1, 0.15) is 18.2 Å². The van der Waals surface area contributed by atoms with Gasteiger partial charge in [-0.05, 0) is 48.9 Å². The van der Waals surface area contributed by atoms with Gasteiger partial charge in [-0.25, -0.2) is 9.78 Å². The molecule has 0 aliphatic heterocycles. The molecule has 1 N–H and O–H groups in total. The molecule has 140 valence electrons. The fourth-order valence-corrected chi connectivity index (χ4v) is 2.89. The van der Waals surface area contributed by atoms with Gasteiger partial charge < -0.3 is 19.3 Å². The van der Waals surface area contributed by atoms with Gasteiger partial charge in [0.25, 0.3) is 0 Å². The number of rotatable bonds is 8. The van der Waals surface area contributed by atoms with Crippen molar-refractivity contribution in [3.63, 3.8) is 0 Å². The summed E-state index contributed by atoms with van der Waals surface area (Å²) in [6, 6.07) is 16.6. The molecule has 2 heterocycles. The summed E-state index contributed by atoms with van der Waals surface area (Å²) in [5.74, 6) is 0.679. The number of anilines is 1. The van der Waals surface area contributed by atoms with Gasteiger partial charge in [-0.2, -0.15) is 0 Å². The number of hydrogen-bond donors (Lipinski definition) is 1. The molecule has 0 spiro atoms. The second kappa shape index (κ2) is 7.95. The van der Waals surface area contributed by atoms with Crippen LogP contribution in [-0.2, 0) is 10.3 Å². The molecule has 0 saturated heterocycles. The van der Waals surface area contributed by atoms with Crippen molar-refractivity contribution in [2.75, 3.05) is 25.1 Å². The summed E-state index contributed by atoms with van der Waals surface area (Å²) in [5.41, 5.74) is -0.481. The highest BCUT2D eigenvalue weighted by Gasteiger charge is 2.36. The predicted molar refractivity (Wildman–Crippen MR) is 104 cm³/mol. The maximum absolute atomic E-state index is 11.9. The first kappa shape index (κ1) is 18.5. The minimum Gasteiger partial charge on any atom is -0.492 e. The minimum atomic E-state index is -1.17. The molecule has 0 radical (unpaired) electrons. The minimum absolute atomic E-state index is 0.500. The average Bonchev–Trinajstić information content (AvgIpc) is 3.23. The molecule has 6 nitrogen and oxygen atoms in total. The second-order valence-electron chi connectivity index (χ2n) is 6.45. The van der Waals surface area contributed by atoms with Gasteiger partial charge in [0.15, 0.2) is 5.54 Å². The Bertz CT molecular complexity index is 863. The van der Waals surface area contributed by atoms with Crippen LogP contribution in [0.1, 0.15) is 12.5 Å². The van der Waals surface area contributed by atoms with Crippen molar-refractivity contribution < 1.29 is 14.6 Å². The highest BCUT2D eigenvalue weighted by atomic mass is 16.5. The normalized spacial score (nSPS) is 13.0. The van der Waals surface area contributed by atoms with E-state index < -0.39 is 11.5 Å². The van der Waals surface area contributed by atoms with E-state index in [0.717, 1.165) is 5.82 Å². The summed E-state index contributed by atoms with van der Waals surface area (Å²) >= 11 is 0. The molecule has 2 aromatic heterocycles. The number of likely N-dealkylation sites (N-methyl/N-ethyl adjacent to an activating group) is 1. The Hall–Kier alpha value is -3.28. The van der Waals surface area contributed by atoms with E-state index in [4.69, 9.17) is 4.74 Å². The van der Waals surface area contributed by atoms with Crippen molar-refractivity contribution in [1.82, 2.24) is 9.55 Å². The topological polar surface area (TPSA) is 67.6 Å². The monoisotopic (exact) mass is 365 g/mol. The van der Waals surface area contributed by atoms with Crippen LogP contribution in [0.4, 0.5) is 5.82 Å². The Morgan fingerprint density at radius 3 is 2.44 bits per heavy atom. The summed E-state index contributed by atoms with van der Waals surface area (Å²) in [6.45, 7) is 2.88. The lowest BCUT2D eigenvalue weighted by atomic mass is 9.92. The molecule has 1 aromatic carbocycles. The highest BCUT2D eigenvalue weighted by molar-refractivity contribution is 5.80. The molecule has 6 heteroatoms. The molecule has 1 atom stereocenters. The smallest absolute Gasteiger partial charge is 0.334 e. The number of benzene rings is 1. The van der Waals surface area contributed by atoms with E-state index >= 15 is 0 Å². The summed E-state index contributed by atoms with van der Waals surface area (Å²) in [6.07, 6.45) is 5.27. The van der Waals surface area contributed by atoms with Crippen LogP contribution >= 0.6 is 0 Å². The van der Waals surface area contributed by atoms with E-state index in [1.54, 1.807) is 54.3 Å². The molecular weight excluding hydrogens is 342 g/mol. The zero-order valence-electron chi connectivity index (χ0n) is 15.4. The van der Waals surface area contributed by atoms with Gasteiger partial charge in [-0.15, -0.1) is 0 Å². The molecule has 0 aliphatic carbocycles. The molecule has 1 unspecified atom stereocenters. The number of carbonyl (C=O) groups is 1. The third-order valence-electron chi connectivity index (χ3n) is 4.69. The second-order valence-corrected chi connectivity index (χ2v) is 6.45. The van der Waals surface area contributed by atoms with E-state index in [9.17, 15) is 9.90 Å². The molecular formula is C21H23N3O3. The van der Waals surface area contributed by atoms with Crippen molar-refractivity contribution in [2.24, 2.45) is 0 Å². The van der Waals surface area contributed by atoms with Gasteiger partial charge in [-0.1, -0.05) is 18.2 Å². The zero-order valence-corrected chi connectivity index (χ0v) is 15.4. The van der Waals surface area contributed by atoms with E-state index in [2.05, 4.69) is 4.98 Å². The first-order valence-corrected chi connectivity index (χ1v) is 8.74. The van der Waals surface area contributed by atoms with Crippen LogP contribution in [0.25, 0.3) is 0 Å². The van der Waals surface area contributed by atoms with Crippen LogP contribution in [-0.4, -0.2) is 40.8 Å². The van der Waals surface area contributed by atoms with E-state index in [-0.39, 0.29) is 0 Å². The molecule has 3 aromatic rings. The molecule has 0 amide bonds. The molecule has 0 aliphatic rings. The molecule has 0 bridgehead atoms.